The number of anilines is 2. The standard InChI is InChI=1S/C24H23Cl2N3O3/c1-14-13-16(25)9-12-19(14)28-22(30)15-7-10-17(11-8-15)27-21-20(26)23(31)29(24(21)32)18-5-3-2-4-6-18/h7-13,18,27H,2-6H2,1H3,(H,28,30). The van der Waals surface area contributed by atoms with Gasteiger partial charge in [-0.15, -0.1) is 0 Å². The van der Waals surface area contributed by atoms with Crippen LogP contribution in [0, 0.1) is 6.92 Å². The Bertz CT molecular complexity index is 1110. The molecule has 2 aromatic rings. The van der Waals surface area contributed by atoms with Crippen LogP contribution in [-0.2, 0) is 9.59 Å². The third kappa shape index (κ3) is 4.52. The number of carbonyl (C=O) groups is 3. The van der Waals surface area contributed by atoms with Gasteiger partial charge in [-0.3, -0.25) is 19.3 Å². The summed E-state index contributed by atoms with van der Waals surface area (Å²) >= 11 is 12.2. The van der Waals surface area contributed by atoms with Crippen LogP contribution in [0.1, 0.15) is 48.0 Å². The maximum Gasteiger partial charge on any atom is 0.279 e. The molecule has 3 amide bonds. The fraction of sp³-hybridized carbons (Fsp3) is 0.292. The first kappa shape index (κ1) is 22.4. The Balaban J connectivity index is 1.44. The van der Waals surface area contributed by atoms with Gasteiger partial charge in [-0.25, -0.2) is 0 Å². The molecular weight excluding hydrogens is 449 g/mol. The molecule has 1 aliphatic heterocycles. The van der Waals surface area contributed by atoms with Gasteiger partial charge in [0.25, 0.3) is 17.7 Å². The summed E-state index contributed by atoms with van der Waals surface area (Å²) in [5, 5.41) is 6.32. The minimum absolute atomic E-state index is 0.0798. The van der Waals surface area contributed by atoms with Crippen molar-refractivity contribution in [2.24, 2.45) is 0 Å². The molecular formula is C24H23Cl2N3O3. The van der Waals surface area contributed by atoms with E-state index in [2.05, 4.69) is 10.6 Å². The summed E-state index contributed by atoms with van der Waals surface area (Å²) in [5.74, 6) is -1.11. The Kier molecular flexibility index (Phi) is 6.53. The van der Waals surface area contributed by atoms with E-state index in [1.54, 1.807) is 42.5 Å². The molecule has 4 rings (SSSR count). The number of halogens is 2. The van der Waals surface area contributed by atoms with Gasteiger partial charge in [-0.05, 0) is 67.8 Å². The highest BCUT2D eigenvalue weighted by Crippen LogP contribution is 2.32. The summed E-state index contributed by atoms with van der Waals surface area (Å²) in [6, 6.07) is 11.8. The van der Waals surface area contributed by atoms with Crippen molar-refractivity contribution >= 4 is 52.3 Å². The van der Waals surface area contributed by atoms with E-state index in [1.807, 2.05) is 6.92 Å². The van der Waals surface area contributed by atoms with Crippen molar-refractivity contribution in [3.63, 3.8) is 0 Å². The van der Waals surface area contributed by atoms with Gasteiger partial charge in [0, 0.05) is 28.0 Å². The molecule has 2 N–H and O–H groups in total. The summed E-state index contributed by atoms with van der Waals surface area (Å²) in [7, 11) is 0. The zero-order valence-electron chi connectivity index (χ0n) is 17.6. The first-order chi connectivity index (χ1) is 15.3. The number of hydrogen-bond acceptors (Lipinski definition) is 4. The van der Waals surface area contributed by atoms with Crippen molar-refractivity contribution in [2.75, 3.05) is 10.6 Å². The zero-order valence-corrected chi connectivity index (χ0v) is 19.1. The van der Waals surface area contributed by atoms with Crippen LogP contribution in [0.15, 0.2) is 53.2 Å². The highest BCUT2D eigenvalue weighted by atomic mass is 35.5. The van der Waals surface area contributed by atoms with Crippen LogP contribution < -0.4 is 10.6 Å². The van der Waals surface area contributed by atoms with Crippen LogP contribution in [0.2, 0.25) is 5.02 Å². The molecule has 0 radical (unpaired) electrons. The SMILES string of the molecule is Cc1cc(Cl)ccc1NC(=O)c1ccc(NC2=C(Cl)C(=O)N(C3CCCCC3)C2=O)cc1. The quantitative estimate of drug-likeness (QED) is 0.567. The fourth-order valence-corrected chi connectivity index (χ4v) is 4.56. The van der Waals surface area contributed by atoms with Crippen molar-refractivity contribution in [3.8, 4) is 0 Å². The van der Waals surface area contributed by atoms with Gasteiger partial charge < -0.3 is 10.6 Å². The minimum Gasteiger partial charge on any atom is -0.350 e. The lowest BCUT2D eigenvalue weighted by Crippen LogP contribution is -2.42. The average Bonchev–Trinajstić information content (AvgIpc) is 3.00. The number of aryl methyl sites for hydroxylation is 1. The van der Waals surface area contributed by atoms with Crippen molar-refractivity contribution in [2.45, 2.75) is 45.1 Å². The molecule has 0 saturated heterocycles. The molecule has 32 heavy (non-hydrogen) atoms. The molecule has 0 atom stereocenters. The predicted octanol–water partition coefficient (Wildman–Crippen LogP) is 5.46. The van der Waals surface area contributed by atoms with E-state index in [0.29, 0.717) is 22.0 Å². The zero-order chi connectivity index (χ0) is 22.8. The Morgan fingerprint density at radius 1 is 0.969 bits per heavy atom. The van der Waals surface area contributed by atoms with E-state index in [0.717, 1.165) is 37.7 Å². The van der Waals surface area contributed by atoms with E-state index in [9.17, 15) is 14.4 Å². The van der Waals surface area contributed by atoms with E-state index in [4.69, 9.17) is 23.2 Å². The molecule has 0 bridgehead atoms. The van der Waals surface area contributed by atoms with Gasteiger partial charge in [-0.1, -0.05) is 42.5 Å². The van der Waals surface area contributed by atoms with Crippen molar-refractivity contribution in [1.82, 2.24) is 4.90 Å². The van der Waals surface area contributed by atoms with Gasteiger partial charge in [0.05, 0.1) is 0 Å². The summed E-state index contributed by atoms with van der Waals surface area (Å²) in [5.41, 5.74) is 2.62. The molecule has 1 aliphatic carbocycles. The Labute approximate surface area is 196 Å². The normalized spacial score (nSPS) is 17.2. The number of nitrogens with one attached hydrogen (secondary N) is 2. The second-order valence-corrected chi connectivity index (χ2v) is 8.89. The molecule has 8 heteroatoms. The summed E-state index contributed by atoms with van der Waals surface area (Å²) < 4.78 is 0. The van der Waals surface area contributed by atoms with Gasteiger partial charge in [0.15, 0.2) is 0 Å². The van der Waals surface area contributed by atoms with Gasteiger partial charge >= 0.3 is 0 Å². The molecule has 6 nitrogen and oxygen atoms in total. The molecule has 2 aliphatic rings. The number of benzene rings is 2. The maximum absolute atomic E-state index is 12.9. The maximum atomic E-state index is 12.9. The van der Waals surface area contributed by atoms with Crippen molar-refractivity contribution < 1.29 is 14.4 Å². The monoisotopic (exact) mass is 471 g/mol. The number of nitrogens with zero attached hydrogens (tertiary/aromatic N) is 1. The first-order valence-corrected chi connectivity index (χ1v) is 11.3. The highest BCUT2D eigenvalue weighted by Gasteiger charge is 2.42. The lowest BCUT2D eigenvalue weighted by molar-refractivity contribution is -0.140. The lowest BCUT2D eigenvalue weighted by Gasteiger charge is -2.29. The number of carbonyl (C=O) groups excluding carboxylic acids is 3. The third-order valence-electron chi connectivity index (χ3n) is 5.85. The average molecular weight is 472 g/mol. The third-order valence-corrected chi connectivity index (χ3v) is 6.44. The summed E-state index contributed by atoms with van der Waals surface area (Å²) in [6.07, 6.45) is 4.75. The lowest BCUT2D eigenvalue weighted by atomic mass is 9.94. The first-order valence-electron chi connectivity index (χ1n) is 10.6. The molecule has 0 aromatic heterocycles. The van der Waals surface area contributed by atoms with Crippen LogP contribution in [0.3, 0.4) is 0 Å². The highest BCUT2D eigenvalue weighted by molar-refractivity contribution is 6.48. The van der Waals surface area contributed by atoms with E-state index >= 15 is 0 Å². The van der Waals surface area contributed by atoms with Crippen molar-refractivity contribution in [3.05, 3.63) is 69.3 Å². The molecule has 166 valence electrons. The summed E-state index contributed by atoms with van der Waals surface area (Å²) in [6.45, 7) is 1.86. The largest absolute Gasteiger partial charge is 0.350 e. The van der Waals surface area contributed by atoms with Crippen molar-refractivity contribution in [1.29, 1.82) is 0 Å². The Hall–Kier alpha value is -2.83. The van der Waals surface area contributed by atoms with E-state index in [1.165, 1.54) is 4.90 Å². The molecule has 1 saturated carbocycles. The van der Waals surface area contributed by atoms with E-state index < -0.39 is 11.8 Å². The molecule has 0 spiro atoms. The van der Waals surface area contributed by atoms with Crippen LogP contribution in [0.4, 0.5) is 11.4 Å². The Morgan fingerprint density at radius 3 is 2.31 bits per heavy atom. The number of rotatable bonds is 5. The fourth-order valence-electron chi connectivity index (χ4n) is 4.11. The van der Waals surface area contributed by atoms with Crippen LogP contribution in [0.5, 0.6) is 0 Å². The van der Waals surface area contributed by atoms with Gasteiger partial charge in [-0.2, -0.15) is 0 Å². The Morgan fingerprint density at radius 2 is 1.66 bits per heavy atom. The van der Waals surface area contributed by atoms with Gasteiger partial charge in [0.1, 0.15) is 10.7 Å². The minimum atomic E-state index is -0.444. The predicted molar refractivity (Wildman–Crippen MR) is 126 cm³/mol. The second kappa shape index (κ2) is 9.35. The molecule has 2 aromatic carbocycles. The molecule has 1 fully saturated rings. The number of amides is 3. The molecule has 0 unspecified atom stereocenters. The number of hydrogen-bond donors (Lipinski definition) is 2. The smallest absolute Gasteiger partial charge is 0.279 e. The summed E-state index contributed by atoms with van der Waals surface area (Å²) in [4.78, 5) is 39.3. The second-order valence-electron chi connectivity index (χ2n) is 8.08. The molecule has 1 heterocycles. The van der Waals surface area contributed by atoms with Crippen LogP contribution in [-0.4, -0.2) is 28.7 Å². The van der Waals surface area contributed by atoms with Crippen LogP contribution >= 0.6 is 23.2 Å². The number of imide groups is 1. The topological polar surface area (TPSA) is 78.5 Å². The van der Waals surface area contributed by atoms with E-state index in [-0.39, 0.29) is 22.7 Å². The van der Waals surface area contributed by atoms with Crippen LogP contribution in [0.25, 0.3) is 0 Å². The van der Waals surface area contributed by atoms with Gasteiger partial charge in [0.2, 0.25) is 0 Å².